The van der Waals surface area contributed by atoms with E-state index in [-0.39, 0.29) is 29.8 Å². The predicted octanol–water partition coefficient (Wildman–Crippen LogP) is 3.50. The van der Waals surface area contributed by atoms with Crippen molar-refractivity contribution in [2.75, 3.05) is 20.1 Å². The summed E-state index contributed by atoms with van der Waals surface area (Å²) in [6.45, 7) is 8.70. The SMILES string of the molecule is CCNC(=NCC(C)C)N(C)Cc1ccc(F)cc1.I. The summed E-state index contributed by atoms with van der Waals surface area (Å²) in [7, 11) is 1.99. The Hall–Kier alpha value is -0.850. The van der Waals surface area contributed by atoms with Gasteiger partial charge in [0, 0.05) is 26.7 Å². The highest BCUT2D eigenvalue weighted by Crippen LogP contribution is 2.06. The van der Waals surface area contributed by atoms with Gasteiger partial charge in [-0.3, -0.25) is 4.99 Å². The van der Waals surface area contributed by atoms with Gasteiger partial charge in [-0.25, -0.2) is 4.39 Å². The fourth-order valence-corrected chi connectivity index (χ4v) is 1.68. The lowest BCUT2D eigenvalue weighted by Gasteiger charge is -2.22. The standard InChI is InChI=1S/C15H24FN3.HI/c1-5-17-15(18-10-12(2)3)19(4)11-13-6-8-14(16)9-7-13;/h6-9,12H,5,10-11H2,1-4H3,(H,17,18);1H. The highest BCUT2D eigenvalue weighted by atomic mass is 127. The van der Waals surface area contributed by atoms with Crippen molar-refractivity contribution in [2.24, 2.45) is 10.9 Å². The van der Waals surface area contributed by atoms with Crippen molar-refractivity contribution in [1.29, 1.82) is 0 Å². The van der Waals surface area contributed by atoms with E-state index in [1.807, 2.05) is 7.05 Å². The number of benzene rings is 1. The highest BCUT2D eigenvalue weighted by molar-refractivity contribution is 14.0. The molecule has 0 spiro atoms. The van der Waals surface area contributed by atoms with E-state index in [0.29, 0.717) is 12.5 Å². The van der Waals surface area contributed by atoms with Crippen LogP contribution in [0.3, 0.4) is 0 Å². The third-order valence-electron chi connectivity index (χ3n) is 2.64. The zero-order chi connectivity index (χ0) is 14.3. The quantitative estimate of drug-likeness (QED) is 0.471. The molecule has 0 bridgehead atoms. The molecule has 0 atom stereocenters. The Balaban J connectivity index is 0.00000361. The third-order valence-corrected chi connectivity index (χ3v) is 2.64. The number of aliphatic imine (C=N–C) groups is 1. The van der Waals surface area contributed by atoms with Crippen LogP contribution in [0.25, 0.3) is 0 Å². The van der Waals surface area contributed by atoms with Gasteiger partial charge in [-0.2, -0.15) is 0 Å². The van der Waals surface area contributed by atoms with Crippen LogP contribution in [0.4, 0.5) is 4.39 Å². The maximum absolute atomic E-state index is 12.9. The van der Waals surface area contributed by atoms with Gasteiger partial charge in [0.25, 0.3) is 0 Å². The van der Waals surface area contributed by atoms with E-state index in [4.69, 9.17) is 0 Å². The van der Waals surface area contributed by atoms with Crippen molar-refractivity contribution in [1.82, 2.24) is 10.2 Å². The molecule has 5 heteroatoms. The van der Waals surface area contributed by atoms with Gasteiger partial charge in [0.2, 0.25) is 0 Å². The molecule has 0 saturated carbocycles. The van der Waals surface area contributed by atoms with E-state index >= 15 is 0 Å². The van der Waals surface area contributed by atoms with Gasteiger partial charge in [0.05, 0.1) is 0 Å². The second-order valence-electron chi connectivity index (χ2n) is 5.07. The van der Waals surface area contributed by atoms with Gasteiger partial charge in [-0.15, -0.1) is 24.0 Å². The molecule has 0 unspecified atom stereocenters. The van der Waals surface area contributed by atoms with Crippen molar-refractivity contribution in [3.8, 4) is 0 Å². The Kier molecular flexibility index (Phi) is 9.54. The molecule has 0 aromatic heterocycles. The topological polar surface area (TPSA) is 27.6 Å². The van der Waals surface area contributed by atoms with Crippen LogP contribution in [-0.4, -0.2) is 31.0 Å². The zero-order valence-corrected chi connectivity index (χ0v) is 15.0. The molecule has 0 heterocycles. The van der Waals surface area contributed by atoms with Crippen molar-refractivity contribution in [3.05, 3.63) is 35.6 Å². The van der Waals surface area contributed by atoms with E-state index in [2.05, 4.69) is 36.0 Å². The van der Waals surface area contributed by atoms with Crippen molar-refractivity contribution in [2.45, 2.75) is 27.3 Å². The highest BCUT2D eigenvalue weighted by Gasteiger charge is 2.06. The van der Waals surface area contributed by atoms with E-state index in [0.717, 1.165) is 24.6 Å². The minimum Gasteiger partial charge on any atom is -0.357 e. The van der Waals surface area contributed by atoms with Crippen LogP contribution in [0.15, 0.2) is 29.3 Å². The van der Waals surface area contributed by atoms with Gasteiger partial charge < -0.3 is 10.2 Å². The summed E-state index contributed by atoms with van der Waals surface area (Å²) < 4.78 is 12.9. The predicted molar refractivity (Wildman–Crippen MR) is 94.1 cm³/mol. The molecule has 1 N–H and O–H groups in total. The first kappa shape index (κ1) is 19.1. The molecule has 20 heavy (non-hydrogen) atoms. The summed E-state index contributed by atoms with van der Waals surface area (Å²) in [5.41, 5.74) is 1.07. The van der Waals surface area contributed by atoms with Crippen molar-refractivity contribution in [3.63, 3.8) is 0 Å². The smallest absolute Gasteiger partial charge is 0.193 e. The first-order chi connectivity index (χ1) is 9.02. The fourth-order valence-electron chi connectivity index (χ4n) is 1.68. The molecule has 1 aromatic carbocycles. The van der Waals surface area contributed by atoms with Crippen LogP contribution in [-0.2, 0) is 6.54 Å². The average Bonchev–Trinajstić information content (AvgIpc) is 2.37. The van der Waals surface area contributed by atoms with E-state index in [1.54, 1.807) is 12.1 Å². The first-order valence-corrected chi connectivity index (χ1v) is 6.76. The normalized spacial score (nSPS) is 11.2. The molecule has 0 amide bonds. The molecular weight excluding hydrogens is 368 g/mol. The Morgan fingerprint density at radius 1 is 1.30 bits per heavy atom. The molecule has 114 valence electrons. The molecule has 0 aliphatic carbocycles. The minimum atomic E-state index is -0.202. The lowest BCUT2D eigenvalue weighted by atomic mass is 10.2. The number of rotatable bonds is 5. The zero-order valence-electron chi connectivity index (χ0n) is 12.7. The lowest BCUT2D eigenvalue weighted by molar-refractivity contribution is 0.473. The van der Waals surface area contributed by atoms with E-state index in [9.17, 15) is 4.39 Å². The van der Waals surface area contributed by atoms with Crippen LogP contribution < -0.4 is 5.32 Å². The summed E-state index contributed by atoms with van der Waals surface area (Å²) in [6, 6.07) is 6.58. The molecule has 1 rings (SSSR count). The molecule has 0 saturated heterocycles. The van der Waals surface area contributed by atoms with Crippen LogP contribution in [0.2, 0.25) is 0 Å². The minimum absolute atomic E-state index is 0. The van der Waals surface area contributed by atoms with E-state index < -0.39 is 0 Å². The van der Waals surface area contributed by atoms with Crippen molar-refractivity contribution >= 4 is 29.9 Å². The molecular formula is C15H25FIN3. The number of halogens is 2. The second-order valence-corrected chi connectivity index (χ2v) is 5.07. The van der Waals surface area contributed by atoms with Gasteiger partial charge in [-0.05, 0) is 30.5 Å². The Morgan fingerprint density at radius 3 is 2.40 bits per heavy atom. The summed E-state index contributed by atoms with van der Waals surface area (Å²) in [5.74, 6) is 1.22. The molecule has 3 nitrogen and oxygen atoms in total. The average molecular weight is 393 g/mol. The van der Waals surface area contributed by atoms with Crippen LogP contribution in [0, 0.1) is 11.7 Å². The lowest BCUT2D eigenvalue weighted by Crippen LogP contribution is -2.38. The van der Waals surface area contributed by atoms with Gasteiger partial charge in [0.15, 0.2) is 5.96 Å². The fraction of sp³-hybridized carbons (Fsp3) is 0.533. The Morgan fingerprint density at radius 2 is 1.90 bits per heavy atom. The third kappa shape index (κ3) is 7.07. The number of hydrogen-bond acceptors (Lipinski definition) is 1. The molecule has 0 aliphatic heterocycles. The monoisotopic (exact) mass is 393 g/mol. The molecule has 0 fully saturated rings. The first-order valence-electron chi connectivity index (χ1n) is 6.76. The Bertz CT molecular complexity index is 404. The molecule has 0 aliphatic rings. The van der Waals surface area contributed by atoms with Crippen molar-refractivity contribution < 1.29 is 4.39 Å². The molecule has 0 radical (unpaired) electrons. The second kappa shape index (κ2) is 9.96. The maximum Gasteiger partial charge on any atom is 0.193 e. The summed E-state index contributed by atoms with van der Waals surface area (Å²) in [6.07, 6.45) is 0. The van der Waals surface area contributed by atoms with E-state index in [1.165, 1.54) is 12.1 Å². The number of nitrogens with zero attached hydrogens (tertiary/aromatic N) is 2. The summed E-state index contributed by atoms with van der Waals surface area (Å²) in [5, 5.41) is 3.27. The summed E-state index contributed by atoms with van der Waals surface area (Å²) in [4.78, 5) is 6.64. The Labute approximate surface area is 138 Å². The van der Waals surface area contributed by atoms with Crippen LogP contribution >= 0.6 is 24.0 Å². The van der Waals surface area contributed by atoms with Crippen LogP contribution in [0.5, 0.6) is 0 Å². The van der Waals surface area contributed by atoms with Gasteiger partial charge in [-0.1, -0.05) is 26.0 Å². The molecule has 1 aromatic rings. The number of nitrogens with one attached hydrogen (secondary N) is 1. The summed E-state index contributed by atoms with van der Waals surface area (Å²) >= 11 is 0. The maximum atomic E-state index is 12.9. The van der Waals surface area contributed by atoms with Gasteiger partial charge in [0.1, 0.15) is 5.82 Å². The largest absolute Gasteiger partial charge is 0.357 e. The number of hydrogen-bond donors (Lipinski definition) is 1. The van der Waals surface area contributed by atoms with Gasteiger partial charge >= 0.3 is 0 Å². The number of guanidine groups is 1. The van der Waals surface area contributed by atoms with Crippen LogP contribution in [0.1, 0.15) is 26.3 Å².